The lowest BCUT2D eigenvalue weighted by Gasteiger charge is -2.72. The molecule has 5 aliphatic rings. The van der Waals surface area contributed by atoms with Crippen molar-refractivity contribution >= 4 is 17.5 Å². The zero-order valence-corrected chi connectivity index (χ0v) is 30.9. The van der Waals surface area contributed by atoms with Gasteiger partial charge in [0.1, 0.15) is 0 Å². The summed E-state index contributed by atoms with van der Waals surface area (Å²) in [6.45, 7) is 22.1. The van der Waals surface area contributed by atoms with Gasteiger partial charge in [-0.2, -0.15) is 0 Å². The second kappa shape index (κ2) is 12.0. The zero-order chi connectivity index (χ0) is 35.0. The summed E-state index contributed by atoms with van der Waals surface area (Å²) in [5, 5.41) is 4.09. The molecule has 1 aromatic heterocycles. The van der Waals surface area contributed by atoms with Crippen molar-refractivity contribution in [3.63, 3.8) is 0 Å². The number of nitrogens with zero attached hydrogens (tertiary/aromatic N) is 1. The molecule has 0 N–H and O–H groups in total. The third-order valence-electron chi connectivity index (χ3n) is 15.6. The number of carbonyl (C=O) groups excluding carboxylic acids is 2. The highest BCUT2D eigenvalue weighted by Crippen LogP contribution is 2.77. The molecule has 7 rings (SSSR count). The first-order chi connectivity index (χ1) is 23.2. The Labute approximate surface area is 293 Å². The highest BCUT2D eigenvalue weighted by Gasteiger charge is 2.70. The highest BCUT2D eigenvalue weighted by atomic mass is 16.5. The van der Waals surface area contributed by atoms with Crippen LogP contribution in [0.3, 0.4) is 0 Å². The molecule has 49 heavy (non-hydrogen) atoms. The Bertz CT molecular complexity index is 1650. The van der Waals surface area contributed by atoms with Crippen LogP contribution < -0.4 is 0 Å². The number of hydrogen-bond donors (Lipinski definition) is 0. The summed E-state index contributed by atoms with van der Waals surface area (Å²) in [6, 6.07) is 11.2. The van der Waals surface area contributed by atoms with Gasteiger partial charge < -0.3 is 14.0 Å². The van der Waals surface area contributed by atoms with Crippen molar-refractivity contribution in [1.29, 1.82) is 0 Å². The Morgan fingerprint density at radius 2 is 1.65 bits per heavy atom. The van der Waals surface area contributed by atoms with Crippen LogP contribution in [0.4, 0.5) is 0 Å². The fourth-order valence-corrected chi connectivity index (χ4v) is 13.1. The van der Waals surface area contributed by atoms with Crippen LogP contribution in [0.1, 0.15) is 133 Å². The Kier molecular flexibility index (Phi) is 8.39. The minimum Gasteiger partial charge on any atom is -0.461 e. The maximum Gasteiger partial charge on any atom is 0.360 e. The standard InChI is InChI=1S/C43H57NO5/c1-9-47-38(46)32-25-33(49-44-32)30-18-20-40(6)34(39(30,4)5)19-21-42(8)35(40)16-15-31-36-29(27(2)3)17-22-43(36,24-23-41(31,42)7)26-48-37(45)28-13-11-10-12-14-28/h10-14,18,25,29,31,34-36H,2,9,15-17,19-24,26H2,1,3-8H3/t29-,31+,34-,35+,36+,40-,41+,42+,43+/m0/s1. The average molecular weight is 668 g/mol. The van der Waals surface area contributed by atoms with Crippen molar-refractivity contribution in [2.75, 3.05) is 13.2 Å². The average Bonchev–Trinajstić information content (AvgIpc) is 3.70. The van der Waals surface area contributed by atoms with E-state index in [1.54, 1.807) is 13.0 Å². The summed E-state index contributed by atoms with van der Waals surface area (Å²) in [7, 11) is 0. The second-order valence-electron chi connectivity index (χ2n) is 17.8. The van der Waals surface area contributed by atoms with Crippen LogP contribution in [-0.2, 0) is 9.47 Å². The molecular weight excluding hydrogens is 610 g/mol. The molecule has 6 heteroatoms. The lowest BCUT2D eigenvalue weighted by Crippen LogP contribution is -2.65. The first-order valence-electron chi connectivity index (χ1n) is 18.9. The van der Waals surface area contributed by atoms with Crippen LogP contribution in [0.25, 0.3) is 5.57 Å². The maximum atomic E-state index is 13.2. The van der Waals surface area contributed by atoms with Crippen LogP contribution >= 0.6 is 0 Å². The van der Waals surface area contributed by atoms with Crippen molar-refractivity contribution < 1.29 is 23.6 Å². The fraction of sp³-hybridized carbons (Fsp3) is 0.651. The number of fused-ring (bicyclic) bond motifs is 7. The molecule has 5 aliphatic carbocycles. The van der Waals surface area contributed by atoms with Gasteiger partial charge in [0.05, 0.1) is 18.8 Å². The van der Waals surface area contributed by atoms with E-state index in [1.165, 1.54) is 43.3 Å². The number of rotatable bonds is 7. The molecule has 4 saturated carbocycles. The van der Waals surface area contributed by atoms with Crippen LogP contribution in [0.15, 0.2) is 59.1 Å². The Hall–Kier alpha value is -3.15. The Morgan fingerprint density at radius 1 is 0.898 bits per heavy atom. The van der Waals surface area contributed by atoms with E-state index in [1.807, 2.05) is 30.3 Å². The molecule has 0 aliphatic heterocycles. The Morgan fingerprint density at radius 3 is 2.37 bits per heavy atom. The van der Waals surface area contributed by atoms with Gasteiger partial charge in [-0.15, -0.1) is 0 Å². The van der Waals surface area contributed by atoms with E-state index in [9.17, 15) is 9.59 Å². The van der Waals surface area contributed by atoms with Gasteiger partial charge in [0.2, 0.25) is 0 Å². The van der Waals surface area contributed by atoms with Crippen molar-refractivity contribution in [3.8, 4) is 0 Å². The van der Waals surface area contributed by atoms with Gasteiger partial charge in [-0.25, -0.2) is 9.59 Å². The van der Waals surface area contributed by atoms with Gasteiger partial charge in [-0.3, -0.25) is 0 Å². The van der Waals surface area contributed by atoms with E-state index in [-0.39, 0.29) is 38.7 Å². The summed E-state index contributed by atoms with van der Waals surface area (Å²) in [5.74, 6) is 2.72. The molecule has 0 amide bonds. The monoisotopic (exact) mass is 667 g/mol. The van der Waals surface area contributed by atoms with Crippen LogP contribution in [0, 0.1) is 56.7 Å². The summed E-state index contributed by atoms with van der Waals surface area (Å²) in [5.41, 5.74) is 3.81. The first kappa shape index (κ1) is 34.3. The summed E-state index contributed by atoms with van der Waals surface area (Å²) in [6.07, 6.45) is 12.8. The number of allylic oxidation sites excluding steroid dienone is 3. The molecule has 1 heterocycles. The normalized spacial score (nSPS) is 39.0. The number of aromatic nitrogens is 1. The number of esters is 2. The topological polar surface area (TPSA) is 78.6 Å². The molecule has 0 bridgehead atoms. The predicted octanol–water partition coefficient (Wildman–Crippen LogP) is 10.4. The molecule has 0 spiro atoms. The third-order valence-corrected chi connectivity index (χ3v) is 15.6. The van der Waals surface area contributed by atoms with E-state index >= 15 is 0 Å². The van der Waals surface area contributed by atoms with E-state index in [2.05, 4.69) is 59.4 Å². The number of carbonyl (C=O) groups is 2. The lowest BCUT2D eigenvalue weighted by molar-refractivity contribution is -0.228. The van der Waals surface area contributed by atoms with Crippen molar-refractivity contribution in [2.24, 2.45) is 56.7 Å². The van der Waals surface area contributed by atoms with Gasteiger partial charge in [-0.05, 0) is 141 Å². The molecule has 0 saturated heterocycles. The minimum absolute atomic E-state index is 0.0203. The third kappa shape index (κ3) is 5.04. The molecule has 264 valence electrons. The van der Waals surface area contributed by atoms with Crippen LogP contribution in [0.2, 0.25) is 0 Å². The molecule has 4 fully saturated rings. The number of hydrogen-bond acceptors (Lipinski definition) is 6. The molecular formula is C43H57NO5. The SMILES string of the molecule is C=C(C)[C@@H]1CC[C@]2(COC(=O)c3ccccc3)CC[C@]3(C)[C@H](CC[C@@H]4[C@@]5(C)CC=C(c6cc(C(=O)OCC)no6)C(C)(C)[C@@H]5CC[C@]43C)[C@@H]12. The first-order valence-corrected chi connectivity index (χ1v) is 18.9. The predicted molar refractivity (Wildman–Crippen MR) is 192 cm³/mol. The van der Waals surface area contributed by atoms with E-state index in [0.717, 1.165) is 25.7 Å². The van der Waals surface area contributed by atoms with Crippen LogP contribution in [-0.4, -0.2) is 30.3 Å². The number of ether oxygens (including phenoxy) is 2. The van der Waals surface area contributed by atoms with Crippen molar-refractivity contribution in [1.82, 2.24) is 5.16 Å². The highest BCUT2D eigenvalue weighted by molar-refractivity contribution is 5.89. The van der Waals surface area contributed by atoms with Crippen LogP contribution in [0.5, 0.6) is 0 Å². The molecule has 6 nitrogen and oxygen atoms in total. The quantitative estimate of drug-likeness (QED) is 0.216. The van der Waals surface area contributed by atoms with Gasteiger partial charge in [0.15, 0.2) is 11.5 Å². The largest absolute Gasteiger partial charge is 0.461 e. The van der Waals surface area contributed by atoms with E-state index < -0.39 is 5.97 Å². The van der Waals surface area contributed by atoms with Gasteiger partial charge in [0.25, 0.3) is 0 Å². The minimum atomic E-state index is -0.433. The fourth-order valence-electron chi connectivity index (χ4n) is 13.1. The molecule has 9 atom stereocenters. The summed E-state index contributed by atoms with van der Waals surface area (Å²) in [4.78, 5) is 25.6. The zero-order valence-electron chi connectivity index (χ0n) is 30.9. The summed E-state index contributed by atoms with van der Waals surface area (Å²) >= 11 is 0. The molecule has 2 aromatic rings. The van der Waals surface area contributed by atoms with Gasteiger partial charge in [0, 0.05) is 11.5 Å². The van der Waals surface area contributed by atoms with Gasteiger partial charge in [-0.1, -0.05) is 76.2 Å². The maximum absolute atomic E-state index is 13.2. The van der Waals surface area contributed by atoms with Crippen molar-refractivity contribution in [2.45, 2.75) is 106 Å². The second-order valence-corrected chi connectivity index (χ2v) is 17.8. The molecule has 0 radical (unpaired) electrons. The van der Waals surface area contributed by atoms with Gasteiger partial charge >= 0.3 is 11.9 Å². The number of benzene rings is 1. The van der Waals surface area contributed by atoms with E-state index in [0.29, 0.717) is 54.1 Å². The van der Waals surface area contributed by atoms with Crippen molar-refractivity contribution in [3.05, 3.63) is 71.6 Å². The smallest absolute Gasteiger partial charge is 0.360 e. The molecule has 1 aromatic carbocycles. The summed E-state index contributed by atoms with van der Waals surface area (Å²) < 4.78 is 17.2. The van der Waals surface area contributed by atoms with E-state index in [4.69, 9.17) is 14.0 Å². The lowest BCUT2D eigenvalue weighted by atomic mass is 9.32. The Balaban J connectivity index is 1.18. The molecule has 0 unspecified atom stereocenters.